The number of nitrogens with one attached hydrogen (secondary N) is 1. The number of H-pyrrole nitrogens is 1. The molecule has 1 N–H and O–H groups in total. The average Bonchev–Trinajstić information content (AvgIpc) is 3.32. The molecule has 3 heterocycles. The molecule has 1 saturated heterocycles. The molecule has 1 atom stereocenters. The summed E-state index contributed by atoms with van der Waals surface area (Å²) in [7, 11) is 0. The third-order valence-electron chi connectivity index (χ3n) is 5.69. The van der Waals surface area contributed by atoms with Crippen LogP contribution in [0.5, 0.6) is 0 Å². The first kappa shape index (κ1) is 18.4. The van der Waals surface area contributed by atoms with Gasteiger partial charge in [0, 0.05) is 6.54 Å². The van der Waals surface area contributed by atoms with Crippen molar-refractivity contribution in [1.29, 1.82) is 0 Å². The van der Waals surface area contributed by atoms with E-state index in [2.05, 4.69) is 22.0 Å². The predicted molar refractivity (Wildman–Crippen MR) is 115 cm³/mol. The van der Waals surface area contributed by atoms with Crippen LogP contribution < -0.4 is 0 Å². The lowest BCUT2D eigenvalue weighted by atomic mass is 10.0. The van der Waals surface area contributed by atoms with E-state index in [-0.39, 0.29) is 6.04 Å². The van der Waals surface area contributed by atoms with Crippen LogP contribution in [-0.2, 0) is 6.54 Å². The number of hydrogen-bond donors (Lipinski definition) is 1. The summed E-state index contributed by atoms with van der Waals surface area (Å²) >= 11 is 6.33. The fraction of sp³-hybridized carbons (Fsp3) is 0.304. The fourth-order valence-electron chi connectivity index (χ4n) is 4.14. The number of likely N-dealkylation sites (tertiary alicyclic amines) is 1. The minimum Gasteiger partial charge on any atom is -0.441 e. The van der Waals surface area contributed by atoms with Gasteiger partial charge in [-0.15, -0.1) is 0 Å². The highest BCUT2D eigenvalue weighted by atomic mass is 35.5. The van der Waals surface area contributed by atoms with Crippen LogP contribution in [-0.4, -0.2) is 26.4 Å². The number of oxazole rings is 1. The zero-order valence-corrected chi connectivity index (χ0v) is 17.1. The quantitative estimate of drug-likeness (QED) is 0.458. The summed E-state index contributed by atoms with van der Waals surface area (Å²) in [5, 5.41) is 0.651. The number of imidazole rings is 1. The van der Waals surface area contributed by atoms with Gasteiger partial charge >= 0.3 is 0 Å². The second kappa shape index (κ2) is 7.65. The number of hydrogen-bond acceptors (Lipinski definition) is 4. The molecule has 0 saturated carbocycles. The maximum Gasteiger partial charge on any atom is 0.228 e. The van der Waals surface area contributed by atoms with E-state index in [1.54, 1.807) is 0 Å². The molecule has 0 spiro atoms. The van der Waals surface area contributed by atoms with Crippen LogP contribution >= 0.6 is 11.6 Å². The highest BCUT2D eigenvalue weighted by Gasteiger charge is 2.28. The summed E-state index contributed by atoms with van der Waals surface area (Å²) in [5.74, 6) is 2.47. The van der Waals surface area contributed by atoms with Gasteiger partial charge in [0.05, 0.1) is 33.4 Å². The summed E-state index contributed by atoms with van der Waals surface area (Å²) in [6.45, 7) is 3.74. The first-order valence-corrected chi connectivity index (χ1v) is 10.5. The number of halogens is 1. The highest BCUT2D eigenvalue weighted by Crippen LogP contribution is 2.33. The van der Waals surface area contributed by atoms with Gasteiger partial charge in [-0.3, -0.25) is 4.90 Å². The molecule has 4 aromatic rings. The number of fused-ring (bicyclic) bond motifs is 1. The third kappa shape index (κ3) is 3.56. The number of piperidine rings is 1. The molecular weight excluding hydrogens is 384 g/mol. The Morgan fingerprint density at radius 3 is 2.79 bits per heavy atom. The zero-order chi connectivity index (χ0) is 19.8. The number of para-hydroxylation sites is 2. The van der Waals surface area contributed by atoms with Crippen molar-refractivity contribution >= 4 is 22.6 Å². The van der Waals surface area contributed by atoms with Gasteiger partial charge in [-0.05, 0) is 50.6 Å². The minimum absolute atomic E-state index is 0.260. The smallest absolute Gasteiger partial charge is 0.228 e. The van der Waals surface area contributed by atoms with E-state index in [4.69, 9.17) is 26.0 Å². The van der Waals surface area contributed by atoms with E-state index < -0.39 is 0 Å². The van der Waals surface area contributed by atoms with Gasteiger partial charge in [0.2, 0.25) is 5.89 Å². The Morgan fingerprint density at radius 2 is 1.93 bits per heavy atom. The van der Waals surface area contributed by atoms with Gasteiger partial charge in [0.15, 0.2) is 0 Å². The SMILES string of the molecule is Cc1oc(-c2ccccc2Cl)nc1CN1CCCCC1c1nc2ccccc2[nH]1. The summed E-state index contributed by atoms with van der Waals surface area (Å²) in [6, 6.07) is 16.1. The molecule has 5 rings (SSSR count). The van der Waals surface area contributed by atoms with Gasteiger partial charge in [-0.2, -0.15) is 0 Å². The van der Waals surface area contributed by atoms with Gasteiger partial charge in [-0.1, -0.05) is 42.3 Å². The summed E-state index contributed by atoms with van der Waals surface area (Å²) in [6.07, 6.45) is 3.49. The van der Waals surface area contributed by atoms with Crippen molar-refractivity contribution < 1.29 is 4.42 Å². The van der Waals surface area contributed by atoms with Crippen molar-refractivity contribution in [1.82, 2.24) is 19.9 Å². The molecule has 5 nitrogen and oxygen atoms in total. The van der Waals surface area contributed by atoms with Crippen LogP contribution in [0.15, 0.2) is 52.9 Å². The highest BCUT2D eigenvalue weighted by molar-refractivity contribution is 6.33. The second-order valence-electron chi connectivity index (χ2n) is 7.62. The summed E-state index contributed by atoms with van der Waals surface area (Å²) in [4.78, 5) is 15.6. The molecule has 0 amide bonds. The molecule has 1 aliphatic heterocycles. The van der Waals surface area contributed by atoms with E-state index in [9.17, 15) is 0 Å². The standard InChI is InChI=1S/C23H23ClN4O/c1-15-20(27-23(29-15)16-8-2-3-9-17(16)24)14-28-13-7-6-12-21(28)22-25-18-10-4-5-11-19(18)26-22/h2-5,8-11,21H,6-7,12-14H2,1H3,(H,25,26). The van der Waals surface area contributed by atoms with Crippen molar-refractivity contribution in [2.24, 2.45) is 0 Å². The van der Waals surface area contributed by atoms with Crippen molar-refractivity contribution in [2.45, 2.75) is 38.8 Å². The Hall–Kier alpha value is -2.63. The lowest BCUT2D eigenvalue weighted by Gasteiger charge is -2.34. The van der Waals surface area contributed by atoms with Crippen LogP contribution in [0.1, 0.15) is 42.6 Å². The van der Waals surface area contributed by atoms with Crippen molar-refractivity contribution in [3.8, 4) is 11.5 Å². The molecule has 1 aliphatic rings. The fourth-order valence-corrected chi connectivity index (χ4v) is 4.35. The van der Waals surface area contributed by atoms with Gasteiger partial charge in [-0.25, -0.2) is 9.97 Å². The minimum atomic E-state index is 0.260. The average molecular weight is 407 g/mol. The topological polar surface area (TPSA) is 58.0 Å². The Kier molecular flexibility index (Phi) is 4.86. The van der Waals surface area contributed by atoms with Crippen LogP contribution in [0.25, 0.3) is 22.5 Å². The number of aromatic amines is 1. The molecule has 1 fully saturated rings. The Balaban J connectivity index is 1.43. The van der Waals surface area contributed by atoms with E-state index in [0.717, 1.165) is 53.4 Å². The summed E-state index contributed by atoms with van der Waals surface area (Å²) in [5.41, 5.74) is 3.90. The Morgan fingerprint density at radius 1 is 1.10 bits per heavy atom. The van der Waals surface area contributed by atoms with Crippen LogP contribution in [0.3, 0.4) is 0 Å². The number of nitrogens with zero attached hydrogens (tertiary/aromatic N) is 3. The van der Waals surface area contributed by atoms with E-state index in [1.165, 1.54) is 12.8 Å². The largest absolute Gasteiger partial charge is 0.441 e. The molecule has 2 aromatic heterocycles. The van der Waals surface area contributed by atoms with Crippen LogP contribution in [0.2, 0.25) is 5.02 Å². The zero-order valence-electron chi connectivity index (χ0n) is 16.4. The molecule has 0 aliphatic carbocycles. The van der Waals surface area contributed by atoms with E-state index >= 15 is 0 Å². The third-order valence-corrected chi connectivity index (χ3v) is 6.02. The Labute approximate surface area is 174 Å². The lowest BCUT2D eigenvalue weighted by molar-refractivity contribution is 0.132. The number of aryl methyl sites for hydroxylation is 1. The molecule has 6 heteroatoms. The maximum atomic E-state index is 6.33. The van der Waals surface area contributed by atoms with Crippen molar-refractivity contribution in [3.05, 3.63) is 70.8 Å². The Bertz CT molecular complexity index is 1120. The molecule has 1 unspecified atom stereocenters. The van der Waals surface area contributed by atoms with E-state index in [1.807, 2.05) is 43.3 Å². The number of aromatic nitrogens is 3. The van der Waals surface area contributed by atoms with E-state index in [0.29, 0.717) is 10.9 Å². The van der Waals surface area contributed by atoms with Crippen LogP contribution in [0, 0.1) is 6.92 Å². The lowest BCUT2D eigenvalue weighted by Crippen LogP contribution is -2.33. The maximum absolute atomic E-state index is 6.33. The molecule has 29 heavy (non-hydrogen) atoms. The second-order valence-corrected chi connectivity index (χ2v) is 8.03. The predicted octanol–water partition coefficient (Wildman–Crippen LogP) is 5.91. The number of rotatable bonds is 4. The molecular formula is C23H23ClN4O. The van der Waals surface area contributed by atoms with Gasteiger partial charge < -0.3 is 9.40 Å². The normalized spacial score (nSPS) is 17.8. The molecule has 0 bridgehead atoms. The number of benzene rings is 2. The van der Waals surface area contributed by atoms with Crippen LogP contribution in [0.4, 0.5) is 0 Å². The monoisotopic (exact) mass is 406 g/mol. The first-order chi connectivity index (χ1) is 14.2. The molecule has 2 aromatic carbocycles. The first-order valence-electron chi connectivity index (χ1n) is 10.1. The molecule has 0 radical (unpaired) electrons. The van der Waals surface area contributed by atoms with Crippen molar-refractivity contribution in [3.63, 3.8) is 0 Å². The van der Waals surface area contributed by atoms with Crippen molar-refractivity contribution in [2.75, 3.05) is 6.54 Å². The van der Waals surface area contributed by atoms with Gasteiger partial charge in [0.1, 0.15) is 11.6 Å². The van der Waals surface area contributed by atoms with Gasteiger partial charge in [0.25, 0.3) is 0 Å². The molecule has 148 valence electrons. The summed E-state index contributed by atoms with van der Waals surface area (Å²) < 4.78 is 5.97.